The molecule has 1 aliphatic heterocycles. The van der Waals surface area contributed by atoms with Crippen LogP contribution in [0.2, 0.25) is 0 Å². The van der Waals surface area contributed by atoms with E-state index < -0.39 is 0 Å². The molecule has 1 N–H and O–H groups in total. The minimum atomic E-state index is 0.0400. The van der Waals surface area contributed by atoms with Gasteiger partial charge in [0, 0.05) is 58.2 Å². The number of amides is 2. The molecule has 146 valence electrons. The third-order valence-corrected chi connectivity index (χ3v) is 5.26. The van der Waals surface area contributed by atoms with E-state index in [0.717, 1.165) is 58.4 Å². The molecule has 27 heavy (non-hydrogen) atoms. The molecule has 0 radical (unpaired) electrons. The van der Waals surface area contributed by atoms with Gasteiger partial charge in [-0.2, -0.15) is 5.10 Å². The highest BCUT2D eigenvalue weighted by Gasteiger charge is 2.21. The van der Waals surface area contributed by atoms with Crippen molar-refractivity contribution < 1.29 is 4.79 Å². The SMILES string of the molecule is CN(CCCn1cccn1)C(=O)NC1CCN(CCc2ccccc2)CC1. The maximum Gasteiger partial charge on any atom is 0.317 e. The summed E-state index contributed by atoms with van der Waals surface area (Å²) in [4.78, 5) is 16.7. The minimum absolute atomic E-state index is 0.0400. The molecular weight excluding hydrogens is 338 g/mol. The van der Waals surface area contributed by atoms with E-state index in [1.54, 1.807) is 11.1 Å². The maximum absolute atomic E-state index is 12.4. The van der Waals surface area contributed by atoms with Crippen LogP contribution in [0.5, 0.6) is 0 Å². The van der Waals surface area contributed by atoms with Crippen LogP contribution in [0.3, 0.4) is 0 Å². The Bertz CT molecular complexity index is 665. The van der Waals surface area contributed by atoms with Crippen LogP contribution in [0.15, 0.2) is 48.8 Å². The summed E-state index contributed by atoms with van der Waals surface area (Å²) in [5.41, 5.74) is 1.39. The number of aromatic nitrogens is 2. The van der Waals surface area contributed by atoms with Gasteiger partial charge in [-0.05, 0) is 37.3 Å². The molecule has 6 nitrogen and oxygen atoms in total. The average molecular weight is 370 g/mol. The van der Waals surface area contributed by atoms with Crippen molar-refractivity contribution in [1.29, 1.82) is 0 Å². The summed E-state index contributed by atoms with van der Waals surface area (Å²) in [7, 11) is 1.87. The van der Waals surface area contributed by atoms with Crippen LogP contribution in [0, 0.1) is 0 Å². The number of carbonyl (C=O) groups excluding carboxylic acids is 1. The van der Waals surface area contributed by atoms with Crippen molar-refractivity contribution in [3.05, 3.63) is 54.4 Å². The fourth-order valence-electron chi connectivity index (χ4n) is 3.52. The van der Waals surface area contributed by atoms with Crippen molar-refractivity contribution in [2.45, 2.75) is 38.3 Å². The summed E-state index contributed by atoms with van der Waals surface area (Å²) in [6, 6.07) is 12.9. The Hall–Kier alpha value is -2.34. The van der Waals surface area contributed by atoms with Gasteiger partial charge in [-0.1, -0.05) is 30.3 Å². The normalized spacial score (nSPS) is 15.6. The summed E-state index contributed by atoms with van der Waals surface area (Å²) in [6.45, 7) is 4.78. The third kappa shape index (κ3) is 6.40. The number of aryl methyl sites for hydroxylation is 1. The lowest BCUT2D eigenvalue weighted by atomic mass is 10.0. The van der Waals surface area contributed by atoms with Gasteiger partial charge in [0.2, 0.25) is 0 Å². The van der Waals surface area contributed by atoms with Gasteiger partial charge in [-0.15, -0.1) is 0 Å². The third-order valence-electron chi connectivity index (χ3n) is 5.26. The smallest absolute Gasteiger partial charge is 0.317 e. The first kappa shape index (κ1) is 19.4. The Labute approximate surface area is 162 Å². The summed E-state index contributed by atoms with van der Waals surface area (Å²) in [6.07, 6.45) is 7.79. The number of urea groups is 1. The quantitative estimate of drug-likeness (QED) is 0.778. The number of hydrogen-bond donors (Lipinski definition) is 1. The summed E-state index contributed by atoms with van der Waals surface area (Å²) < 4.78 is 1.90. The lowest BCUT2D eigenvalue weighted by Gasteiger charge is -2.33. The van der Waals surface area contributed by atoms with Crippen molar-refractivity contribution in [3.63, 3.8) is 0 Å². The van der Waals surface area contributed by atoms with E-state index >= 15 is 0 Å². The number of likely N-dealkylation sites (tertiary alicyclic amines) is 1. The molecule has 1 fully saturated rings. The van der Waals surface area contributed by atoms with E-state index in [4.69, 9.17) is 0 Å². The predicted octanol–water partition coefficient (Wildman–Crippen LogP) is 2.62. The molecule has 2 aromatic rings. The van der Waals surface area contributed by atoms with Crippen molar-refractivity contribution in [2.75, 3.05) is 33.2 Å². The second-order valence-electron chi connectivity index (χ2n) is 7.35. The van der Waals surface area contributed by atoms with Crippen LogP contribution in [-0.4, -0.2) is 64.9 Å². The highest BCUT2D eigenvalue weighted by Crippen LogP contribution is 2.12. The molecule has 2 heterocycles. The fourth-order valence-corrected chi connectivity index (χ4v) is 3.52. The van der Waals surface area contributed by atoms with Gasteiger partial charge in [0.1, 0.15) is 0 Å². The number of rotatable bonds is 8. The first-order chi connectivity index (χ1) is 13.2. The Morgan fingerprint density at radius 3 is 2.67 bits per heavy atom. The van der Waals surface area contributed by atoms with Crippen molar-refractivity contribution in [2.24, 2.45) is 0 Å². The van der Waals surface area contributed by atoms with E-state index in [1.807, 2.05) is 24.0 Å². The topological polar surface area (TPSA) is 53.4 Å². The van der Waals surface area contributed by atoms with E-state index in [-0.39, 0.29) is 6.03 Å². The van der Waals surface area contributed by atoms with E-state index in [1.165, 1.54) is 5.56 Å². The van der Waals surface area contributed by atoms with Crippen molar-refractivity contribution >= 4 is 6.03 Å². The lowest BCUT2D eigenvalue weighted by Crippen LogP contribution is -2.48. The van der Waals surface area contributed by atoms with Crippen LogP contribution in [0.25, 0.3) is 0 Å². The standard InChI is InChI=1S/C21H31N5O/c1-24(13-6-15-26-14-5-12-22-26)21(27)23-20-10-17-25(18-11-20)16-9-19-7-3-2-4-8-19/h2-5,7-8,12,14,20H,6,9-11,13,15-18H2,1H3,(H,23,27). The summed E-state index contributed by atoms with van der Waals surface area (Å²) in [5, 5.41) is 7.38. The minimum Gasteiger partial charge on any atom is -0.335 e. The largest absolute Gasteiger partial charge is 0.335 e. The number of benzene rings is 1. The highest BCUT2D eigenvalue weighted by molar-refractivity contribution is 5.74. The van der Waals surface area contributed by atoms with Crippen LogP contribution in [0.4, 0.5) is 4.79 Å². The van der Waals surface area contributed by atoms with Gasteiger partial charge in [-0.25, -0.2) is 4.79 Å². The van der Waals surface area contributed by atoms with E-state index in [9.17, 15) is 4.79 Å². The monoisotopic (exact) mass is 369 g/mol. The Kier molecular flexibility index (Phi) is 7.27. The number of nitrogens with zero attached hydrogens (tertiary/aromatic N) is 4. The van der Waals surface area contributed by atoms with Crippen molar-refractivity contribution in [3.8, 4) is 0 Å². The zero-order valence-corrected chi connectivity index (χ0v) is 16.3. The number of piperidine rings is 1. The predicted molar refractivity (Wildman–Crippen MR) is 108 cm³/mol. The highest BCUT2D eigenvalue weighted by atomic mass is 16.2. The second kappa shape index (κ2) is 10.1. The molecule has 3 rings (SSSR count). The Morgan fingerprint density at radius 1 is 1.19 bits per heavy atom. The maximum atomic E-state index is 12.4. The molecule has 2 amide bonds. The van der Waals surface area contributed by atoms with Gasteiger partial charge >= 0.3 is 6.03 Å². The summed E-state index contributed by atoms with van der Waals surface area (Å²) in [5.74, 6) is 0. The number of carbonyl (C=O) groups is 1. The lowest BCUT2D eigenvalue weighted by molar-refractivity contribution is 0.178. The molecule has 0 aliphatic carbocycles. The molecule has 1 aliphatic rings. The van der Waals surface area contributed by atoms with Crippen LogP contribution < -0.4 is 5.32 Å². The first-order valence-corrected chi connectivity index (χ1v) is 9.96. The molecule has 1 saturated heterocycles. The van der Waals surface area contributed by atoms with E-state index in [2.05, 4.69) is 45.6 Å². The molecule has 0 spiro atoms. The molecule has 1 aromatic heterocycles. The van der Waals surface area contributed by atoms with E-state index in [0.29, 0.717) is 6.04 Å². The second-order valence-corrected chi connectivity index (χ2v) is 7.35. The van der Waals surface area contributed by atoms with Crippen LogP contribution >= 0.6 is 0 Å². The Morgan fingerprint density at radius 2 is 1.96 bits per heavy atom. The molecule has 0 unspecified atom stereocenters. The molecule has 0 saturated carbocycles. The van der Waals surface area contributed by atoms with Crippen molar-refractivity contribution in [1.82, 2.24) is 24.9 Å². The number of nitrogens with one attached hydrogen (secondary N) is 1. The van der Waals surface area contributed by atoms with Gasteiger partial charge in [-0.3, -0.25) is 4.68 Å². The molecule has 6 heteroatoms. The van der Waals surface area contributed by atoms with Crippen LogP contribution in [-0.2, 0) is 13.0 Å². The average Bonchev–Trinajstić information content (AvgIpc) is 3.21. The number of hydrogen-bond acceptors (Lipinski definition) is 3. The molecule has 0 bridgehead atoms. The van der Waals surface area contributed by atoms with Gasteiger partial charge in [0.25, 0.3) is 0 Å². The van der Waals surface area contributed by atoms with Crippen LogP contribution in [0.1, 0.15) is 24.8 Å². The first-order valence-electron chi connectivity index (χ1n) is 9.96. The molecule has 0 atom stereocenters. The molecular formula is C21H31N5O. The van der Waals surface area contributed by atoms with Gasteiger partial charge < -0.3 is 15.1 Å². The Balaban J connectivity index is 1.30. The fraction of sp³-hybridized carbons (Fsp3) is 0.524. The van der Waals surface area contributed by atoms with Gasteiger partial charge in [0.05, 0.1) is 0 Å². The summed E-state index contributed by atoms with van der Waals surface area (Å²) >= 11 is 0. The molecule has 1 aromatic carbocycles. The zero-order chi connectivity index (χ0) is 18.9. The van der Waals surface area contributed by atoms with Gasteiger partial charge in [0.15, 0.2) is 0 Å². The zero-order valence-electron chi connectivity index (χ0n) is 16.3.